The smallest absolute Gasteiger partial charge is 0.310 e. The summed E-state index contributed by atoms with van der Waals surface area (Å²) in [4.78, 5) is 10.5. The Morgan fingerprint density at radius 3 is 3.00 bits per heavy atom. The second kappa shape index (κ2) is 6.02. The molecular weight excluding hydrogens is 256 g/mol. The highest BCUT2D eigenvalue weighted by molar-refractivity contribution is 6.33. The molecule has 6 heteroatoms. The minimum Gasteiger partial charge on any atom is -0.377 e. The lowest BCUT2D eigenvalue weighted by Crippen LogP contribution is -2.27. The lowest BCUT2D eigenvalue weighted by Gasteiger charge is -2.23. The highest BCUT2D eigenvalue weighted by Gasteiger charge is 2.20. The second-order valence-electron chi connectivity index (χ2n) is 4.26. The van der Waals surface area contributed by atoms with E-state index in [0.717, 1.165) is 25.9 Å². The normalized spacial score (nSPS) is 19.5. The number of nitro groups is 1. The molecule has 18 heavy (non-hydrogen) atoms. The van der Waals surface area contributed by atoms with Crippen LogP contribution >= 0.6 is 11.6 Å². The first-order valence-corrected chi connectivity index (χ1v) is 6.34. The SMILES string of the molecule is O=[N+]([O-])c1c(Cl)cccc1NCC1CCCCO1. The average Bonchev–Trinajstić information content (AvgIpc) is 2.37. The highest BCUT2D eigenvalue weighted by atomic mass is 35.5. The van der Waals surface area contributed by atoms with Gasteiger partial charge in [-0.05, 0) is 31.4 Å². The fraction of sp³-hybridized carbons (Fsp3) is 0.500. The van der Waals surface area contributed by atoms with Gasteiger partial charge in [-0.15, -0.1) is 0 Å². The van der Waals surface area contributed by atoms with Gasteiger partial charge in [0.15, 0.2) is 0 Å². The van der Waals surface area contributed by atoms with Gasteiger partial charge in [-0.1, -0.05) is 17.7 Å². The zero-order chi connectivity index (χ0) is 13.0. The van der Waals surface area contributed by atoms with Gasteiger partial charge in [0.05, 0.1) is 11.0 Å². The van der Waals surface area contributed by atoms with Gasteiger partial charge in [0, 0.05) is 13.2 Å². The van der Waals surface area contributed by atoms with Crippen LogP contribution in [0.3, 0.4) is 0 Å². The first-order valence-electron chi connectivity index (χ1n) is 5.97. The fourth-order valence-corrected chi connectivity index (χ4v) is 2.28. The van der Waals surface area contributed by atoms with Crippen molar-refractivity contribution in [3.63, 3.8) is 0 Å². The molecule has 0 bridgehead atoms. The van der Waals surface area contributed by atoms with Gasteiger partial charge >= 0.3 is 5.69 Å². The largest absolute Gasteiger partial charge is 0.377 e. The molecule has 1 unspecified atom stereocenters. The monoisotopic (exact) mass is 270 g/mol. The quantitative estimate of drug-likeness (QED) is 0.674. The maximum absolute atomic E-state index is 10.9. The topological polar surface area (TPSA) is 64.4 Å². The van der Waals surface area contributed by atoms with Crippen LogP contribution < -0.4 is 5.32 Å². The molecule has 0 radical (unpaired) electrons. The summed E-state index contributed by atoms with van der Waals surface area (Å²) >= 11 is 5.83. The van der Waals surface area contributed by atoms with E-state index >= 15 is 0 Å². The van der Waals surface area contributed by atoms with Crippen LogP contribution in [0, 0.1) is 10.1 Å². The van der Waals surface area contributed by atoms with Crippen LogP contribution in [0.25, 0.3) is 0 Å². The summed E-state index contributed by atoms with van der Waals surface area (Å²) < 4.78 is 5.56. The van der Waals surface area contributed by atoms with Gasteiger partial charge in [0.1, 0.15) is 10.7 Å². The molecule has 1 atom stereocenters. The molecule has 0 spiro atoms. The van der Waals surface area contributed by atoms with Crippen LogP contribution in [0.5, 0.6) is 0 Å². The predicted octanol–water partition coefficient (Wildman–Crippen LogP) is 3.23. The summed E-state index contributed by atoms with van der Waals surface area (Å²) in [6.45, 7) is 1.34. The maximum Gasteiger partial charge on any atom is 0.310 e. The molecule has 1 saturated heterocycles. The molecule has 1 heterocycles. The van der Waals surface area contributed by atoms with Gasteiger partial charge in [0.25, 0.3) is 0 Å². The van der Waals surface area contributed by atoms with E-state index in [9.17, 15) is 10.1 Å². The van der Waals surface area contributed by atoms with Gasteiger partial charge in [-0.3, -0.25) is 10.1 Å². The molecular formula is C12H15ClN2O3. The fourth-order valence-electron chi connectivity index (χ4n) is 2.04. The van der Waals surface area contributed by atoms with Crippen LogP contribution in [-0.4, -0.2) is 24.2 Å². The minimum atomic E-state index is -0.466. The number of benzene rings is 1. The first-order chi connectivity index (χ1) is 8.68. The van der Waals surface area contributed by atoms with Crippen molar-refractivity contribution in [2.45, 2.75) is 25.4 Å². The summed E-state index contributed by atoms with van der Waals surface area (Å²) in [5, 5.41) is 14.1. The average molecular weight is 271 g/mol. The second-order valence-corrected chi connectivity index (χ2v) is 4.67. The Balaban J connectivity index is 2.04. The van der Waals surface area contributed by atoms with Crippen molar-refractivity contribution >= 4 is 23.0 Å². The molecule has 98 valence electrons. The van der Waals surface area contributed by atoms with Crippen molar-refractivity contribution in [3.05, 3.63) is 33.3 Å². The van der Waals surface area contributed by atoms with Gasteiger partial charge < -0.3 is 10.1 Å². The molecule has 1 aromatic rings. The summed E-state index contributed by atoms with van der Waals surface area (Å²) in [6.07, 6.45) is 3.34. The molecule has 0 amide bonds. The third-order valence-corrected chi connectivity index (χ3v) is 3.27. The summed E-state index contributed by atoms with van der Waals surface area (Å²) in [5.41, 5.74) is 0.372. The molecule has 1 fully saturated rings. The molecule has 0 saturated carbocycles. The number of hydrogen-bond donors (Lipinski definition) is 1. The van der Waals surface area contributed by atoms with E-state index in [1.165, 1.54) is 6.07 Å². The van der Waals surface area contributed by atoms with E-state index in [2.05, 4.69) is 5.32 Å². The van der Waals surface area contributed by atoms with Crippen LogP contribution in [0.15, 0.2) is 18.2 Å². The number of nitrogens with zero attached hydrogens (tertiary/aromatic N) is 1. The van der Waals surface area contributed by atoms with Crippen molar-refractivity contribution in [3.8, 4) is 0 Å². The van der Waals surface area contributed by atoms with E-state index in [-0.39, 0.29) is 16.8 Å². The van der Waals surface area contributed by atoms with E-state index in [1.54, 1.807) is 12.1 Å². The number of halogens is 1. The number of nitro benzene ring substituents is 1. The Bertz CT molecular complexity index is 433. The Hall–Kier alpha value is -1.33. The molecule has 1 aliphatic rings. The molecule has 1 N–H and O–H groups in total. The van der Waals surface area contributed by atoms with Crippen molar-refractivity contribution in [1.29, 1.82) is 0 Å². The number of ether oxygens (including phenoxy) is 1. The van der Waals surface area contributed by atoms with Gasteiger partial charge in [0.2, 0.25) is 0 Å². The molecule has 5 nitrogen and oxygen atoms in total. The van der Waals surface area contributed by atoms with E-state index < -0.39 is 4.92 Å². The highest BCUT2D eigenvalue weighted by Crippen LogP contribution is 2.32. The van der Waals surface area contributed by atoms with Crippen LogP contribution in [0.2, 0.25) is 5.02 Å². The van der Waals surface area contributed by atoms with Crippen molar-refractivity contribution < 1.29 is 9.66 Å². The molecule has 0 aliphatic carbocycles. The lowest BCUT2D eigenvalue weighted by molar-refractivity contribution is -0.383. The number of rotatable bonds is 4. The Kier molecular flexibility index (Phi) is 4.38. The third kappa shape index (κ3) is 3.11. The third-order valence-electron chi connectivity index (χ3n) is 2.96. The zero-order valence-corrected chi connectivity index (χ0v) is 10.7. The number of nitrogens with one attached hydrogen (secondary N) is 1. The van der Waals surface area contributed by atoms with E-state index in [4.69, 9.17) is 16.3 Å². The van der Waals surface area contributed by atoms with Crippen LogP contribution in [0.4, 0.5) is 11.4 Å². The lowest BCUT2D eigenvalue weighted by atomic mass is 10.1. The van der Waals surface area contributed by atoms with E-state index in [0.29, 0.717) is 12.2 Å². The Morgan fingerprint density at radius 1 is 1.50 bits per heavy atom. The number of para-hydroxylation sites is 1. The number of hydrogen-bond acceptors (Lipinski definition) is 4. The Morgan fingerprint density at radius 2 is 2.33 bits per heavy atom. The summed E-state index contributed by atoms with van der Waals surface area (Å²) in [6, 6.07) is 4.87. The Labute approximate surface area is 110 Å². The van der Waals surface area contributed by atoms with E-state index in [1.807, 2.05) is 0 Å². The molecule has 1 aromatic carbocycles. The van der Waals surface area contributed by atoms with Crippen LogP contribution in [0.1, 0.15) is 19.3 Å². The van der Waals surface area contributed by atoms with Crippen LogP contribution in [-0.2, 0) is 4.74 Å². The van der Waals surface area contributed by atoms with Crippen molar-refractivity contribution in [2.75, 3.05) is 18.5 Å². The molecule has 0 aromatic heterocycles. The van der Waals surface area contributed by atoms with Gasteiger partial charge in [-0.2, -0.15) is 0 Å². The molecule has 2 rings (SSSR count). The minimum absolute atomic E-state index is 0.0741. The van der Waals surface area contributed by atoms with Crippen molar-refractivity contribution in [1.82, 2.24) is 0 Å². The summed E-state index contributed by atoms with van der Waals surface area (Å²) in [5.74, 6) is 0. The first kappa shape index (κ1) is 13.1. The van der Waals surface area contributed by atoms with Gasteiger partial charge in [-0.25, -0.2) is 0 Å². The zero-order valence-electron chi connectivity index (χ0n) is 9.89. The van der Waals surface area contributed by atoms with Crippen molar-refractivity contribution in [2.24, 2.45) is 0 Å². The summed E-state index contributed by atoms with van der Waals surface area (Å²) in [7, 11) is 0. The predicted molar refractivity (Wildman–Crippen MR) is 70.2 cm³/mol. The molecule has 1 aliphatic heterocycles. The maximum atomic E-state index is 10.9. The number of anilines is 1. The standard InChI is InChI=1S/C12H15ClN2O3/c13-10-5-3-6-11(12(10)15(16)17)14-8-9-4-1-2-7-18-9/h3,5-6,9,14H,1-2,4,7-8H2.